The minimum atomic E-state index is -0.0981. The Morgan fingerprint density at radius 2 is 1.89 bits per heavy atom. The van der Waals surface area contributed by atoms with Crippen LogP contribution in [0, 0.1) is 6.92 Å². The number of carbonyl (C=O) groups excluding carboxylic acids is 1. The number of aromatic nitrogens is 1. The van der Waals surface area contributed by atoms with E-state index in [0.29, 0.717) is 27.7 Å². The Balaban J connectivity index is 1.53. The Labute approximate surface area is 161 Å². The Morgan fingerprint density at radius 3 is 2.67 bits per heavy atom. The molecular formula is C22H17ClN2O2. The summed E-state index contributed by atoms with van der Waals surface area (Å²) in [4.78, 5) is 16.8. The molecule has 0 saturated heterocycles. The van der Waals surface area contributed by atoms with Crippen molar-refractivity contribution in [3.63, 3.8) is 0 Å². The molecule has 4 aromatic rings. The minimum Gasteiger partial charge on any atom is -0.436 e. The normalized spacial score (nSPS) is 10.9. The maximum absolute atomic E-state index is 12.3. The molecule has 4 rings (SSSR count). The van der Waals surface area contributed by atoms with Gasteiger partial charge in [-0.2, -0.15) is 0 Å². The van der Waals surface area contributed by atoms with Crippen LogP contribution in [0.1, 0.15) is 11.1 Å². The van der Waals surface area contributed by atoms with Crippen LogP contribution in [0.4, 0.5) is 5.69 Å². The molecule has 1 aromatic heterocycles. The third kappa shape index (κ3) is 4.01. The second-order valence-electron chi connectivity index (χ2n) is 6.42. The van der Waals surface area contributed by atoms with Gasteiger partial charge in [0.1, 0.15) is 5.52 Å². The fraction of sp³-hybridized carbons (Fsp3) is 0.0909. The molecule has 0 saturated carbocycles. The zero-order chi connectivity index (χ0) is 18.8. The van der Waals surface area contributed by atoms with E-state index in [4.69, 9.17) is 16.0 Å². The lowest BCUT2D eigenvalue weighted by molar-refractivity contribution is -0.115. The molecule has 0 fully saturated rings. The lowest BCUT2D eigenvalue weighted by Crippen LogP contribution is -2.14. The van der Waals surface area contributed by atoms with Gasteiger partial charge < -0.3 is 9.73 Å². The molecule has 1 N–H and O–H groups in total. The van der Waals surface area contributed by atoms with Crippen molar-refractivity contribution in [3.05, 3.63) is 82.9 Å². The van der Waals surface area contributed by atoms with Crippen LogP contribution in [-0.4, -0.2) is 10.9 Å². The molecule has 1 heterocycles. The molecular weight excluding hydrogens is 360 g/mol. The number of aryl methyl sites for hydroxylation is 1. The molecule has 0 aliphatic rings. The highest BCUT2D eigenvalue weighted by Gasteiger charge is 2.10. The van der Waals surface area contributed by atoms with Gasteiger partial charge in [-0.25, -0.2) is 4.98 Å². The molecule has 0 atom stereocenters. The first-order chi connectivity index (χ1) is 13.1. The van der Waals surface area contributed by atoms with Crippen molar-refractivity contribution in [2.45, 2.75) is 13.3 Å². The molecule has 27 heavy (non-hydrogen) atoms. The van der Waals surface area contributed by atoms with Crippen LogP contribution in [0.15, 0.2) is 71.1 Å². The van der Waals surface area contributed by atoms with Gasteiger partial charge in [-0.3, -0.25) is 4.79 Å². The van der Waals surface area contributed by atoms with Crippen LogP contribution in [0.25, 0.3) is 22.6 Å². The topological polar surface area (TPSA) is 55.1 Å². The number of fused-ring (bicyclic) bond motifs is 1. The van der Waals surface area contributed by atoms with E-state index >= 15 is 0 Å². The first-order valence-corrected chi connectivity index (χ1v) is 8.96. The summed E-state index contributed by atoms with van der Waals surface area (Å²) in [6, 6.07) is 20.7. The van der Waals surface area contributed by atoms with Crippen LogP contribution < -0.4 is 5.32 Å². The summed E-state index contributed by atoms with van der Waals surface area (Å²) < 4.78 is 5.84. The summed E-state index contributed by atoms with van der Waals surface area (Å²) in [5.74, 6) is 0.470. The number of rotatable bonds is 4. The van der Waals surface area contributed by atoms with Gasteiger partial charge in [-0.05, 0) is 55.0 Å². The van der Waals surface area contributed by atoms with E-state index in [1.54, 1.807) is 12.1 Å². The van der Waals surface area contributed by atoms with Gasteiger partial charge in [0.15, 0.2) is 5.58 Å². The molecule has 3 aromatic carbocycles. The molecule has 0 bridgehead atoms. The predicted octanol–water partition coefficient (Wildman–Crippen LogP) is 5.64. The number of nitrogens with one attached hydrogen (secondary N) is 1. The summed E-state index contributed by atoms with van der Waals surface area (Å²) in [6.45, 7) is 2.03. The molecule has 0 aliphatic carbocycles. The van der Waals surface area contributed by atoms with Crippen molar-refractivity contribution < 1.29 is 9.21 Å². The van der Waals surface area contributed by atoms with Gasteiger partial charge in [0, 0.05) is 16.3 Å². The number of carbonyl (C=O) groups is 1. The predicted molar refractivity (Wildman–Crippen MR) is 108 cm³/mol. The van der Waals surface area contributed by atoms with Gasteiger partial charge in [0.25, 0.3) is 0 Å². The SMILES string of the molecule is Cc1cccc(-c2nc3cc(NC(=O)Cc4ccc(Cl)cc4)ccc3o2)c1. The largest absolute Gasteiger partial charge is 0.436 e. The number of hydrogen-bond donors (Lipinski definition) is 1. The Bertz CT molecular complexity index is 1120. The highest BCUT2D eigenvalue weighted by Crippen LogP contribution is 2.26. The first kappa shape index (κ1) is 17.3. The van der Waals surface area contributed by atoms with Crippen molar-refractivity contribution in [2.24, 2.45) is 0 Å². The maximum atomic E-state index is 12.3. The second-order valence-corrected chi connectivity index (χ2v) is 6.86. The minimum absolute atomic E-state index is 0.0981. The monoisotopic (exact) mass is 376 g/mol. The van der Waals surface area contributed by atoms with Crippen LogP contribution in [0.2, 0.25) is 5.02 Å². The van der Waals surface area contributed by atoms with Crippen LogP contribution in [0.3, 0.4) is 0 Å². The van der Waals surface area contributed by atoms with Crippen molar-refractivity contribution in [1.82, 2.24) is 4.98 Å². The summed E-state index contributed by atoms with van der Waals surface area (Å²) in [5, 5.41) is 3.55. The van der Waals surface area contributed by atoms with Crippen molar-refractivity contribution >= 4 is 34.3 Å². The summed E-state index contributed by atoms with van der Waals surface area (Å²) >= 11 is 5.87. The summed E-state index contributed by atoms with van der Waals surface area (Å²) in [7, 11) is 0. The fourth-order valence-corrected chi connectivity index (χ4v) is 3.03. The number of hydrogen-bond acceptors (Lipinski definition) is 3. The van der Waals surface area contributed by atoms with Gasteiger partial charge in [-0.1, -0.05) is 41.4 Å². The van der Waals surface area contributed by atoms with Gasteiger partial charge in [-0.15, -0.1) is 0 Å². The van der Waals surface area contributed by atoms with E-state index in [1.165, 1.54) is 0 Å². The molecule has 0 unspecified atom stereocenters. The number of oxazole rings is 1. The second kappa shape index (κ2) is 7.25. The smallest absolute Gasteiger partial charge is 0.228 e. The molecule has 0 aliphatic heterocycles. The summed E-state index contributed by atoms with van der Waals surface area (Å²) in [6.07, 6.45) is 0.280. The zero-order valence-corrected chi connectivity index (χ0v) is 15.5. The van der Waals surface area contributed by atoms with Crippen molar-refractivity contribution in [3.8, 4) is 11.5 Å². The van der Waals surface area contributed by atoms with Crippen LogP contribution in [0.5, 0.6) is 0 Å². The third-order valence-corrected chi connectivity index (χ3v) is 4.47. The molecule has 0 spiro atoms. The average Bonchev–Trinajstić information content (AvgIpc) is 3.07. The van der Waals surface area contributed by atoms with E-state index in [-0.39, 0.29) is 12.3 Å². The maximum Gasteiger partial charge on any atom is 0.228 e. The van der Waals surface area contributed by atoms with Gasteiger partial charge in [0.05, 0.1) is 6.42 Å². The highest BCUT2D eigenvalue weighted by atomic mass is 35.5. The first-order valence-electron chi connectivity index (χ1n) is 8.59. The fourth-order valence-electron chi connectivity index (χ4n) is 2.90. The Morgan fingerprint density at radius 1 is 1.07 bits per heavy atom. The number of anilines is 1. The molecule has 1 amide bonds. The van der Waals surface area contributed by atoms with Gasteiger partial charge in [0.2, 0.25) is 11.8 Å². The lowest BCUT2D eigenvalue weighted by atomic mass is 10.1. The third-order valence-electron chi connectivity index (χ3n) is 4.21. The van der Waals surface area contributed by atoms with Crippen molar-refractivity contribution in [1.29, 1.82) is 0 Å². The number of benzene rings is 3. The Hall–Kier alpha value is -3.11. The number of amides is 1. The highest BCUT2D eigenvalue weighted by molar-refractivity contribution is 6.30. The standard InChI is InChI=1S/C22H17ClN2O2/c1-14-3-2-4-16(11-14)22-25-19-13-18(9-10-20(19)27-22)24-21(26)12-15-5-7-17(23)8-6-15/h2-11,13H,12H2,1H3,(H,24,26). The average molecular weight is 377 g/mol. The Kier molecular flexibility index (Phi) is 4.65. The van der Waals surface area contributed by atoms with E-state index in [9.17, 15) is 4.79 Å². The van der Waals surface area contributed by atoms with Crippen LogP contribution >= 0.6 is 11.6 Å². The number of nitrogens with zero attached hydrogens (tertiary/aromatic N) is 1. The molecule has 0 radical (unpaired) electrons. The van der Waals surface area contributed by atoms with Gasteiger partial charge >= 0.3 is 0 Å². The number of halogens is 1. The van der Waals surface area contributed by atoms with Crippen molar-refractivity contribution in [2.75, 3.05) is 5.32 Å². The lowest BCUT2D eigenvalue weighted by Gasteiger charge is -2.05. The van der Waals surface area contributed by atoms with E-state index < -0.39 is 0 Å². The quantitative estimate of drug-likeness (QED) is 0.501. The zero-order valence-electron chi connectivity index (χ0n) is 14.7. The molecule has 134 valence electrons. The summed E-state index contributed by atoms with van der Waals surface area (Å²) in [5.41, 5.74) is 5.05. The van der Waals surface area contributed by atoms with E-state index in [0.717, 1.165) is 16.7 Å². The molecule has 5 heteroatoms. The van der Waals surface area contributed by atoms with E-state index in [1.807, 2.05) is 61.5 Å². The van der Waals surface area contributed by atoms with Crippen LogP contribution in [-0.2, 0) is 11.2 Å². The van der Waals surface area contributed by atoms with E-state index in [2.05, 4.69) is 10.3 Å². The molecule has 4 nitrogen and oxygen atoms in total.